The summed E-state index contributed by atoms with van der Waals surface area (Å²) in [5.74, 6) is 0. The van der Waals surface area contributed by atoms with Crippen molar-refractivity contribution in [2.24, 2.45) is 0 Å². The van der Waals surface area contributed by atoms with Crippen LogP contribution in [0.15, 0.2) is 36.6 Å². The third-order valence-corrected chi connectivity index (χ3v) is 2.30. The van der Waals surface area contributed by atoms with Crippen LogP contribution in [0.1, 0.15) is 24.1 Å². The van der Waals surface area contributed by atoms with Crippen molar-refractivity contribution in [2.45, 2.75) is 19.8 Å². The van der Waals surface area contributed by atoms with Crippen LogP contribution in [-0.2, 0) is 0 Å². The first kappa shape index (κ1) is 8.24. The maximum absolute atomic E-state index is 4.29. The third-order valence-electron chi connectivity index (χ3n) is 2.30. The predicted octanol–water partition coefficient (Wildman–Crippen LogP) is 3.12. The summed E-state index contributed by atoms with van der Waals surface area (Å²) < 4.78 is 0. The summed E-state index contributed by atoms with van der Waals surface area (Å²) in [6.45, 7) is 2.01. The topological polar surface area (TPSA) is 12.9 Å². The van der Waals surface area contributed by atoms with Crippen molar-refractivity contribution in [1.82, 2.24) is 4.98 Å². The first-order valence-corrected chi connectivity index (χ1v) is 4.65. The summed E-state index contributed by atoms with van der Waals surface area (Å²) in [6, 6.07) is 4.21. The molecule has 1 aromatic heterocycles. The first-order valence-electron chi connectivity index (χ1n) is 4.65. The zero-order chi connectivity index (χ0) is 9.10. The standard InChI is InChI=1S/C12H13N/c1-10-7-8-12(9-13-10)11-5-3-2-4-6-11/h2-3,5,7-9H,4,6H2,1H3. The first-order chi connectivity index (χ1) is 6.36. The molecule has 1 nitrogen and oxygen atoms in total. The van der Waals surface area contributed by atoms with Crippen LogP contribution in [0.3, 0.4) is 0 Å². The van der Waals surface area contributed by atoms with E-state index in [2.05, 4.69) is 35.3 Å². The van der Waals surface area contributed by atoms with Crippen LogP contribution >= 0.6 is 0 Å². The average Bonchev–Trinajstić information content (AvgIpc) is 2.20. The van der Waals surface area contributed by atoms with Gasteiger partial charge >= 0.3 is 0 Å². The molecule has 1 aliphatic carbocycles. The number of aryl methyl sites for hydroxylation is 1. The Hall–Kier alpha value is -1.37. The Morgan fingerprint density at radius 1 is 1.31 bits per heavy atom. The van der Waals surface area contributed by atoms with Crippen molar-refractivity contribution in [2.75, 3.05) is 0 Å². The van der Waals surface area contributed by atoms with Crippen LogP contribution < -0.4 is 0 Å². The molecule has 0 radical (unpaired) electrons. The zero-order valence-electron chi connectivity index (χ0n) is 7.83. The molecule has 2 rings (SSSR count). The molecule has 1 aliphatic rings. The summed E-state index contributed by atoms with van der Waals surface area (Å²) in [4.78, 5) is 4.29. The summed E-state index contributed by atoms with van der Waals surface area (Å²) in [5, 5.41) is 0. The molecule has 1 aromatic rings. The fraction of sp³-hybridized carbons (Fsp3) is 0.250. The highest BCUT2D eigenvalue weighted by Crippen LogP contribution is 2.22. The molecule has 13 heavy (non-hydrogen) atoms. The number of allylic oxidation sites excluding steroid dienone is 4. The molecule has 0 aromatic carbocycles. The molecule has 1 heterocycles. The van der Waals surface area contributed by atoms with E-state index in [9.17, 15) is 0 Å². The SMILES string of the molecule is Cc1ccc(C2=CC=CCC2)cn1. The molecule has 0 saturated heterocycles. The Labute approximate surface area is 78.8 Å². The lowest BCUT2D eigenvalue weighted by Gasteiger charge is -2.08. The summed E-state index contributed by atoms with van der Waals surface area (Å²) in [6.07, 6.45) is 10.8. The Kier molecular flexibility index (Phi) is 2.26. The van der Waals surface area contributed by atoms with Crippen molar-refractivity contribution >= 4 is 5.57 Å². The van der Waals surface area contributed by atoms with Gasteiger partial charge in [0.2, 0.25) is 0 Å². The van der Waals surface area contributed by atoms with Gasteiger partial charge in [-0.25, -0.2) is 0 Å². The Morgan fingerprint density at radius 3 is 2.85 bits per heavy atom. The Balaban J connectivity index is 2.30. The van der Waals surface area contributed by atoms with E-state index >= 15 is 0 Å². The van der Waals surface area contributed by atoms with Crippen molar-refractivity contribution in [3.8, 4) is 0 Å². The fourth-order valence-corrected chi connectivity index (χ4v) is 1.50. The van der Waals surface area contributed by atoms with E-state index in [4.69, 9.17) is 0 Å². The minimum Gasteiger partial charge on any atom is -0.261 e. The highest BCUT2D eigenvalue weighted by atomic mass is 14.7. The molecule has 0 amide bonds. The van der Waals surface area contributed by atoms with Gasteiger partial charge < -0.3 is 0 Å². The molecule has 0 N–H and O–H groups in total. The normalized spacial score (nSPS) is 15.6. The van der Waals surface area contributed by atoms with Gasteiger partial charge in [0, 0.05) is 11.9 Å². The van der Waals surface area contributed by atoms with Gasteiger partial charge in [-0.3, -0.25) is 4.98 Å². The van der Waals surface area contributed by atoms with Crippen LogP contribution in [-0.4, -0.2) is 4.98 Å². The highest BCUT2D eigenvalue weighted by Gasteiger charge is 2.02. The second kappa shape index (κ2) is 3.56. The van der Waals surface area contributed by atoms with E-state index in [1.54, 1.807) is 0 Å². The fourth-order valence-electron chi connectivity index (χ4n) is 1.50. The number of aromatic nitrogens is 1. The second-order valence-corrected chi connectivity index (χ2v) is 3.35. The number of nitrogens with zero attached hydrogens (tertiary/aromatic N) is 1. The van der Waals surface area contributed by atoms with E-state index < -0.39 is 0 Å². The van der Waals surface area contributed by atoms with E-state index in [-0.39, 0.29) is 0 Å². The van der Waals surface area contributed by atoms with E-state index in [0.29, 0.717) is 0 Å². The summed E-state index contributed by atoms with van der Waals surface area (Å²) >= 11 is 0. The van der Waals surface area contributed by atoms with Crippen LogP contribution in [0, 0.1) is 6.92 Å². The monoisotopic (exact) mass is 171 g/mol. The van der Waals surface area contributed by atoms with Crippen molar-refractivity contribution in [1.29, 1.82) is 0 Å². The molecule has 0 unspecified atom stereocenters. The molecule has 0 aliphatic heterocycles. The molecule has 0 spiro atoms. The van der Waals surface area contributed by atoms with Gasteiger partial charge in [0.05, 0.1) is 0 Å². The average molecular weight is 171 g/mol. The largest absolute Gasteiger partial charge is 0.261 e. The molecule has 0 saturated carbocycles. The minimum atomic E-state index is 1.08. The molecular weight excluding hydrogens is 158 g/mol. The van der Waals surface area contributed by atoms with Crippen LogP contribution in [0.4, 0.5) is 0 Å². The van der Waals surface area contributed by atoms with Gasteiger partial charge in [-0.2, -0.15) is 0 Å². The number of hydrogen-bond acceptors (Lipinski definition) is 1. The quantitative estimate of drug-likeness (QED) is 0.632. The van der Waals surface area contributed by atoms with Gasteiger partial charge in [0.15, 0.2) is 0 Å². The van der Waals surface area contributed by atoms with Crippen molar-refractivity contribution in [3.05, 3.63) is 47.8 Å². The second-order valence-electron chi connectivity index (χ2n) is 3.35. The van der Waals surface area contributed by atoms with Gasteiger partial charge in [-0.1, -0.05) is 24.3 Å². The highest BCUT2D eigenvalue weighted by molar-refractivity contribution is 5.67. The smallest absolute Gasteiger partial charge is 0.0373 e. The number of rotatable bonds is 1. The maximum atomic E-state index is 4.29. The molecule has 66 valence electrons. The van der Waals surface area contributed by atoms with Gasteiger partial charge in [-0.05, 0) is 37.0 Å². The van der Waals surface area contributed by atoms with Crippen LogP contribution in [0.5, 0.6) is 0 Å². The lowest BCUT2D eigenvalue weighted by atomic mass is 9.99. The lowest BCUT2D eigenvalue weighted by molar-refractivity contribution is 1.05. The van der Waals surface area contributed by atoms with Crippen LogP contribution in [0.25, 0.3) is 5.57 Å². The molecular formula is C12H13N. The molecule has 0 bridgehead atoms. The van der Waals surface area contributed by atoms with Gasteiger partial charge in [0.1, 0.15) is 0 Å². The Bertz CT molecular complexity index is 344. The van der Waals surface area contributed by atoms with Crippen molar-refractivity contribution < 1.29 is 0 Å². The predicted molar refractivity (Wildman–Crippen MR) is 55.3 cm³/mol. The minimum absolute atomic E-state index is 1.08. The van der Waals surface area contributed by atoms with Gasteiger partial charge in [0.25, 0.3) is 0 Å². The van der Waals surface area contributed by atoms with E-state index in [1.165, 1.54) is 11.1 Å². The summed E-state index contributed by atoms with van der Waals surface area (Å²) in [5.41, 5.74) is 3.74. The Morgan fingerprint density at radius 2 is 2.23 bits per heavy atom. The maximum Gasteiger partial charge on any atom is 0.0373 e. The number of hydrogen-bond donors (Lipinski definition) is 0. The molecule has 1 heteroatoms. The molecule has 0 atom stereocenters. The van der Waals surface area contributed by atoms with E-state index in [1.807, 2.05) is 13.1 Å². The summed E-state index contributed by atoms with van der Waals surface area (Å²) in [7, 11) is 0. The number of pyridine rings is 1. The molecule has 0 fully saturated rings. The van der Waals surface area contributed by atoms with E-state index in [0.717, 1.165) is 18.5 Å². The van der Waals surface area contributed by atoms with Crippen LogP contribution in [0.2, 0.25) is 0 Å². The third kappa shape index (κ3) is 1.86. The zero-order valence-corrected chi connectivity index (χ0v) is 7.83. The lowest BCUT2D eigenvalue weighted by Crippen LogP contribution is -1.89. The van der Waals surface area contributed by atoms with Gasteiger partial charge in [-0.15, -0.1) is 0 Å². The van der Waals surface area contributed by atoms with Crippen molar-refractivity contribution in [3.63, 3.8) is 0 Å².